The van der Waals surface area contributed by atoms with E-state index in [2.05, 4.69) is 24.3 Å². The van der Waals surface area contributed by atoms with Gasteiger partial charge in [-0.1, -0.05) is 33.1 Å². The van der Waals surface area contributed by atoms with Gasteiger partial charge >= 0.3 is 6.03 Å². The van der Waals surface area contributed by atoms with Crippen LogP contribution in [0.3, 0.4) is 0 Å². The van der Waals surface area contributed by atoms with Gasteiger partial charge in [-0.25, -0.2) is 4.79 Å². The molecule has 3 amide bonds. The van der Waals surface area contributed by atoms with Gasteiger partial charge in [0.05, 0.1) is 12.8 Å². The van der Waals surface area contributed by atoms with E-state index in [0.717, 1.165) is 42.0 Å². The van der Waals surface area contributed by atoms with Gasteiger partial charge in [-0.3, -0.25) is 4.79 Å². The molecule has 1 saturated carbocycles. The number of hydrogen-bond donors (Lipinski definition) is 1. The number of nitrogens with one attached hydrogen (secondary N) is 1. The van der Waals surface area contributed by atoms with Crippen molar-refractivity contribution in [2.75, 3.05) is 6.61 Å². The summed E-state index contributed by atoms with van der Waals surface area (Å²) < 4.78 is 5.69. The predicted octanol–water partition coefficient (Wildman–Crippen LogP) is 3.70. The minimum atomic E-state index is -0.735. The van der Waals surface area contributed by atoms with Crippen molar-refractivity contribution in [2.45, 2.75) is 57.9 Å². The molecular formula is C20H27N3O3. The monoisotopic (exact) mass is 357 g/mol. The van der Waals surface area contributed by atoms with Crippen molar-refractivity contribution in [3.8, 4) is 5.75 Å². The average Bonchev–Trinajstić information content (AvgIpc) is 2.84. The lowest BCUT2D eigenvalue weighted by Crippen LogP contribution is -2.48. The number of hydrazone groups is 1. The highest BCUT2D eigenvalue weighted by Gasteiger charge is 2.51. The molecule has 26 heavy (non-hydrogen) atoms. The van der Waals surface area contributed by atoms with Gasteiger partial charge in [-0.2, -0.15) is 5.10 Å². The number of hydrogen-bond acceptors (Lipinski definition) is 4. The highest BCUT2D eigenvalue weighted by molar-refractivity contribution is 6.07. The molecule has 0 aromatic heterocycles. The van der Waals surface area contributed by atoms with Crippen molar-refractivity contribution in [2.24, 2.45) is 11.0 Å². The first-order valence-corrected chi connectivity index (χ1v) is 9.44. The number of amides is 3. The van der Waals surface area contributed by atoms with Gasteiger partial charge < -0.3 is 10.1 Å². The Morgan fingerprint density at radius 3 is 2.54 bits per heavy atom. The summed E-state index contributed by atoms with van der Waals surface area (Å²) in [6, 6.07) is 7.04. The Balaban J connectivity index is 1.60. The third kappa shape index (κ3) is 4.06. The molecule has 1 aromatic rings. The third-order valence-corrected chi connectivity index (χ3v) is 5.01. The van der Waals surface area contributed by atoms with Gasteiger partial charge in [0.15, 0.2) is 0 Å². The maximum Gasteiger partial charge on any atom is 0.346 e. The molecule has 0 bridgehead atoms. The first-order valence-electron chi connectivity index (χ1n) is 9.44. The zero-order chi connectivity index (χ0) is 18.6. The SMILES string of the molecule is CC(C)CCOc1ccc(C=NN2C(=O)NC3(CCCCC3)C2=O)cc1. The number of benzene rings is 1. The molecule has 140 valence electrons. The van der Waals surface area contributed by atoms with Crippen LogP contribution in [0.25, 0.3) is 0 Å². The molecule has 1 heterocycles. The summed E-state index contributed by atoms with van der Waals surface area (Å²) in [5.74, 6) is 1.18. The molecule has 1 saturated heterocycles. The largest absolute Gasteiger partial charge is 0.494 e. The van der Waals surface area contributed by atoms with Gasteiger partial charge in [0.2, 0.25) is 0 Å². The Bertz CT molecular complexity index is 676. The Morgan fingerprint density at radius 2 is 1.88 bits per heavy atom. The summed E-state index contributed by atoms with van der Waals surface area (Å²) in [5, 5.41) is 7.95. The smallest absolute Gasteiger partial charge is 0.346 e. The fourth-order valence-electron chi connectivity index (χ4n) is 3.39. The van der Waals surface area contributed by atoms with Gasteiger partial charge in [-0.05, 0) is 55.0 Å². The second-order valence-electron chi connectivity index (χ2n) is 7.53. The molecule has 1 aromatic carbocycles. The highest BCUT2D eigenvalue weighted by atomic mass is 16.5. The summed E-state index contributed by atoms with van der Waals surface area (Å²) in [6.07, 6.45) is 6.98. The van der Waals surface area contributed by atoms with Crippen molar-refractivity contribution in [1.29, 1.82) is 0 Å². The van der Waals surface area contributed by atoms with Crippen LogP contribution >= 0.6 is 0 Å². The van der Waals surface area contributed by atoms with Crippen molar-refractivity contribution in [3.63, 3.8) is 0 Å². The highest BCUT2D eigenvalue weighted by Crippen LogP contribution is 2.33. The van der Waals surface area contributed by atoms with Crippen LogP contribution in [0.5, 0.6) is 5.75 Å². The van der Waals surface area contributed by atoms with Crippen LogP contribution in [0.4, 0.5) is 4.79 Å². The molecule has 6 heteroatoms. The topological polar surface area (TPSA) is 71.0 Å². The van der Waals surface area contributed by atoms with Gasteiger partial charge in [0.25, 0.3) is 5.91 Å². The van der Waals surface area contributed by atoms with Gasteiger partial charge in [-0.15, -0.1) is 5.01 Å². The first-order chi connectivity index (χ1) is 12.5. The Hall–Kier alpha value is -2.37. The molecule has 1 aliphatic heterocycles. The fourth-order valence-corrected chi connectivity index (χ4v) is 3.39. The van der Waals surface area contributed by atoms with E-state index in [-0.39, 0.29) is 5.91 Å². The van der Waals surface area contributed by atoms with E-state index in [0.29, 0.717) is 25.4 Å². The number of urea groups is 1. The summed E-state index contributed by atoms with van der Waals surface area (Å²) in [6.45, 7) is 5.02. The zero-order valence-corrected chi connectivity index (χ0v) is 15.5. The summed E-state index contributed by atoms with van der Waals surface area (Å²) in [5.41, 5.74) is 0.0762. The van der Waals surface area contributed by atoms with Gasteiger partial charge in [0.1, 0.15) is 11.3 Å². The molecule has 1 N–H and O–H groups in total. The molecule has 2 aliphatic rings. The lowest BCUT2D eigenvalue weighted by atomic mass is 9.82. The zero-order valence-electron chi connectivity index (χ0n) is 15.5. The van der Waals surface area contributed by atoms with E-state index in [1.54, 1.807) is 0 Å². The lowest BCUT2D eigenvalue weighted by molar-refractivity contribution is -0.132. The molecule has 1 spiro atoms. The third-order valence-electron chi connectivity index (χ3n) is 5.01. The van der Waals surface area contributed by atoms with Crippen LogP contribution in [-0.4, -0.2) is 35.3 Å². The van der Waals surface area contributed by atoms with Gasteiger partial charge in [0, 0.05) is 0 Å². The number of nitrogens with zero attached hydrogens (tertiary/aromatic N) is 2. The van der Waals surface area contributed by atoms with E-state index in [4.69, 9.17) is 4.74 Å². The van der Waals surface area contributed by atoms with Crippen molar-refractivity contribution < 1.29 is 14.3 Å². The van der Waals surface area contributed by atoms with Crippen molar-refractivity contribution in [3.05, 3.63) is 29.8 Å². The molecule has 6 nitrogen and oxygen atoms in total. The summed E-state index contributed by atoms with van der Waals surface area (Å²) in [7, 11) is 0. The Labute approximate surface area is 154 Å². The normalized spacial score (nSPS) is 19.6. The summed E-state index contributed by atoms with van der Waals surface area (Å²) in [4.78, 5) is 24.8. The fraction of sp³-hybridized carbons (Fsp3) is 0.550. The second kappa shape index (κ2) is 7.89. The van der Waals surface area contributed by atoms with Crippen LogP contribution < -0.4 is 10.1 Å². The first kappa shape index (κ1) is 18.4. The minimum absolute atomic E-state index is 0.230. The minimum Gasteiger partial charge on any atom is -0.494 e. The number of carbonyl (C=O) groups is 2. The Kier molecular flexibility index (Phi) is 5.59. The second-order valence-corrected chi connectivity index (χ2v) is 7.53. The van der Waals surface area contributed by atoms with E-state index < -0.39 is 11.6 Å². The molecule has 0 radical (unpaired) electrons. The van der Waals surface area contributed by atoms with Crippen LogP contribution in [0.1, 0.15) is 57.9 Å². The maximum atomic E-state index is 12.7. The predicted molar refractivity (Wildman–Crippen MR) is 100 cm³/mol. The number of imide groups is 1. The van der Waals surface area contributed by atoms with E-state index in [9.17, 15) is 9.59 Å². The number of rotatable bonds is 6. The van der Waals surface area contributed by atoms with Crippen LogP contribution in [0, 0.1) is 5.92 Å². The number of carbonyl (C=O) groups excluding carboxylic acids is 2. The summed E-state index contributed by atoms with van der Waals surface area (Å²) >= 11 is 0. The average molecular weight is 357 g/mol. The van der Waals surface area contributed by atoms with Crippen LogP contribution in [0.2, 0.25) is 0 Å². The van der Waals surface area contributed by atoms with Crippen LogP contribution in [-0.2, 0) is 4.79 Å². The molecule has 3 rings (SSSR count). The standard InChI is InChI=1S/C20H27N3O3/c1-15(2)10-13-26-17-8-6-16(7-9-17)14-21-23-18(24)20(22-19(23)25)11-4-3-5-12-20/h6-9,14-15H,3-5,10-13H2,1-2H3,(H,22,25). The van der Waals surface area contributed by atoms with E-state index in [1.807, 2.05) is 24.3 Å². The molecule has 0 atom stereocenters. The quantitative estimate of drug-likeness (QED) is 0.623. The molecule has 1 aliphatic carbocycles. The lowest BCUT2D eigenvalue weighted by Gasteiger charge is -2.29. The molecule has 2 fully saturated rings. The van der Waals surface area contributed by atoms with Crippen molar-refractivity contribution in [1.82, 2.24) is 10.3 Å². The van der Waals surface area contributed by atoms with Crippen molar-refractivity contribution >= 4 is 18.2 Å². The van der Waals surface area contributed by atoms with E-state index >= 15 is 0 Å². The molecule has 0 unspecified atom stereocenters. The molecular weight excluding hydrogens is 330 g/mol. The van der Waals surface area contributed by atoms with Crippen LogP contribution in [0.15, 0.2) is 29.4 Å². The maximum absolute atomic E-state index is 12.7. The number of ether oxygens (including phenoxy) is 1. The Morgan fingerprint density at radius 1 is 1.19 bits per heavy atom. The van der Waals surface area contributed by atoms with E-state index in [1.165, 1.54) is 6.21 Å².